The average Bonchev–Trinajstić information content (AvgIpc) is 3.07. The summed E-state index contributed by atoms with van der Waals surface area (Å²) >= 11 is 14.1. The van der Waals surface area contributed by atoms with Crippen molar-refractivity contribution in [3.8, 4) is 0 Å². The molecule has 0 radical (unpaired) electrons. The summed E-state index contributed by atoms with van der Waals surface area (Å²) in [5, 5.41) is -0.0359. The Bertz CT molecular complexity index is 1020. The molecule has 2 aromatic rings. The number of nitrogens with zero attached hydrogens (tertiary/aromatic N) is 4. The molecular weight excluding hydrogens is 570 g/mol. The second-order valence-electron chi connectivity index (χ2n) is 6.57. The molecule has 168 valence electrons. The number of halogens is 3. The normalized spacial score (nSPS) is 25.8. The highest BCUT2D eigenvalue weighted by Gasteiger charge is 2.50. The molecule has 1 aliphatic rings. The summed E-state index contributed by atoms with van der Waals surface area (Å²) in [5.74, 6) is -1.75. The van der Waals surface area contributed by atoms with Gasteiger partial charge in [-0.2, -0.15) is 4.98 Å². The maximum Gasteiger partial charge on any atom is 0.303 e. The third-order valence-electron chi connectivity index (χ3n) is 4.27. The van der Waals surface area contributed by atoms with Crippen LogP contribution in [-0.4, -0.2) is 66.3 Å². The number of alkyl halides is 1. The third-order valence-corrected chi connectivity index (χ3v) is 6.03. The summed E-state index contributed by atoms with van der Waals surface area (Å²) < 4.78 is 23.1. The molecule has 1 aliphatic heterocycles. The Morgan fingerprint density at radius 2 is 1.74 bits per heavy atom. The lowest BCUT2D eigenvalue weighted by molar-refractivity contribution is -0.221. The van der Waals surface area contributed by atoms with Crippen LogP contribution in [-0.2, 0) is 33.3 Å². The first-order chi connectivity index (χ1) is 14.6. The van der Waals surface area contributed by atoms with E-state index >= 15 is 0 Å². The van der Waals surface area contributed by atoms with Crippen molar-refractivity contribution in [3.05, 3.63) is 16.8 Å². The number of fused-ring (bicyclic) bond motifs is 1. The molecule has 0 aliphatic carbocycles. The first kappa shape index (κ1) is 23.9. The second kappa shape index (κ2) is 9.79. The molecule has 5 atom stereocenters. The van der Waals surface area contributed by atoms with Crippen LogP contribution in [0.2, 0.25) is 10.4 Å². The van der Waals surface area contributed by atoms with Gasteiger partial charge in [0.05, 0.1) is 10.3 Å². The van der Waals surface area contributed by atoms with Crippen molar-refractivity contribution < 1.29 is 33.3 Å². The van der Waals surface area contributed by atoms with Crippen LogP contribution in [0.5, 0.6) is 0 Å². The van der Waals surface area contributed by atoms with E-state index in [9.17, 15) is 14.4 Å². The molecule has 11 nitrogen and oxygen atoms in total. The molecule has 31 heavy (non-hydrogen) atoms. The van der Waals surface area contributed by atoms with Crippen LogP contribution in [0.3, 0.4) is 0 Å². The van der Waals surface area contributed by atoms with E-state index in [1.54, 1.807) is 4.57 Å². The minimum Gasteiger partial charge on any atom is -0.463 e. The number of hydrogen-bond acceptors (Lipinski definition) is 10. The van der Waals surface area contributed by atoms with Crippen molar-refractivity contribution in [2.24, 2.45) is 0 Å². The number of aromatic nitrogens is 4. The van der Waals surface area contributed by atoms with E-state index in [0.29, 0.717) is 5.52 Å². The number of carbonyl (C=O) groups excluding carboxylic acids is 3. The molecule has 1 saturated heterocycles. The Morgan fingerprint density at radius 3 is 2.35 bits per heavy atom. The molecule has 0 aromatic carbocycles. The van der Waals surface area contributed by atoms with Crippen LogP contribution in [0.15, 0.2) is 6.33 Å². The Balaban J connectivity index is 2.05. The topological polar surface area (TPSA) is 132 Å². The minimum atomic E-state index is -1.02. The molecule has 3 heterocycles. The maximum atomic E-state index is 11.8. The van der Waals surface area contributed by atoms with Gasteiger partial charge in [-0.3, -0.25) is 19.0 Å². The van der Waals surface area contributed by atoms with Gasteiger partial charge >= 0.3 is 17.9 Å². The summed E-state index contributed by atoms with van der Waals surface area (Å²) in [4.78, 5) is 47.1. The van der Waals surface area contributed by atoms with Crippen molar-refractivity contribution in [1.82, 2.24) is 19.5 Å². The van der Waals surface area contributed by atoms with Crippen molar-refractivity contribution >= 4 is 74.9 Å². The van der Waals surface area contributed by atoms with Crippen LogP contribution in [0, 0.1) is 0 Å². The number of rotatable bonds is 5. The van der Waals surface area contributed by atoms with E-state index in [0.717, 1.165) is 0 Å². The molecule has 0 N–H and O–H groups in total. The summed E-state index contributed by atoms with van der Waals surface area (Å²) in [7, 11) is 0. The van der Waals surface area contributed by atoms with Gasteiger partial charge < -0.3 is 18.9 Å². The quantitative estimate of drug-likeness (QED) is 0.128. The molecule has 0 bridgehead atoms. The van der Waals surface area contributed by atoms with Crippen molar-refractivity contribution in [3.63, 3.8) is 0 Å². The third kappa shape index (κ3) is 5.35. The van der Waals surface area contributed by atoms with Crippen molar-refractivity contribution in [2.45, 2.75) is 49.2 Å². The van der Waals surface area contributed by atoms with E-state index < -0.39 is 46.4 Å². The smallest absolute Gasteiger partial charge is 0.303 e. The monoisotopic (exact) mass is 586 g/mol. The molecule has 1 fully saturated rings. The van der Waals surface area contributed by atoms with Gasteiger partial charge in [0.1, 0.15) is 18.2 Å². The largest absolute Gasteiger partial charge is 0.463 e. The summed E-state index contributed by atoms with van der Waals surface area (Å²) in [5.41, 5.74) is 0.580. The van der Waals surface area contributed by atoms with Crippen LogP contribution in [0.25, 0.3) is 11.2 Å². The van der Waals surface area contributed by atoms with Crippen molar-refractivity contribution in [1.29, 1.82) is 0 Å². The lowest BCUT2D eigenvalue weighted by Gasteiger charge is -2.43. The SMILES string of the molecule is CC(=O)OCC1OC(n2cnc3c(Cl)nc(Cl)nc32)[C@@H](I)C(OC(C)=O)[C@@H]1OC(C)=O. The van der Waals surface area contributed by atoms with Crippen LogP contribution in [0.1, 0.15) is 27.0 Å². The zero-order chi connectivity index (χ0) is 22.9. The van der Waals surface area contributed by atoms with Gasteiger partial charge in [-0.15, -0.1) is 0 Å². The number of imidazole rings is 1. The highest BCUT2D eigenvalue weighted by Crippen LogP contribution is 2.38. The predicted molar refractivity (Wildman–Crippen MR) is 115 cm³/mol. The van der Waals surface area contributed by atoms with Gasteiger partial charge in [-0.05, 0) is 11.6 Å². The Labute approximate surface area is 199 Å². The van der Waals surface area contributed by atoms with Gasteiger partial charge in [0.25, 0.3) is 0 Å². The molecule has 3 unspecified atom stereocenters. The first-order valence-corrected chi connectivity index (χ1v) is 10.9. The maximum absolute atomic E-state index is 11.8. The lowest BCUT2D eigenvalue weighted by Crippen LogP contribution is -2.57. The number of esters is 3. The van der Waals surface area contributed by atoms with Crippen molar-refractivity contribution in [2.75, 3.05) is 6.61 Å². The molecular formula is C17H17Cl2IN4O7. The zero-order valence-corrected chi connectivity index (χ0v) is 20.1. The summed E-state index contributed by atoms with van der Waals surface area (Å²) in [6, 6.07) is 0. The Morgan fingerprint density at radius 1 is 1.10 bits per heavy atom. The number of hydrogen-bond donors (Lipinski definition) is 0. The van der Waals surface area contributed by atoms with Crippen LogP contribution in [0.4, 0.5) is 0 Å². The Hall–Kier alpha value is -1.77. The van der Waals surface area contributed by atoms with Gasteiger partial charge in [0.2, 0.25) is 5.28 Å². The molecule has 0 saturated carbocycles. The highest BCUT2D eigenvalue weighted by molar-refractivity contribution is 14.1. The highest BCUT2D eigenvalue weighted by atomic mass is 127. The van der Waals surface area contributed by atoms with Gasteiger partial charge in [0, 0.05) is 20.8 Å². The second-order valence-corrected chi connectivity index (χ2v) is 8.70. The predicted octanol–water partition coefficient (Wildman–Crippen LogP) is 2.26. The fraction of sp³-hybridized carbons (Fsp3) is 0.529. The van der Waals surface area contributed by atoms with Crippen LogP contribution >= 0.6 is 45.8 Å². The van der Waals surface area contributed by atoms with E-state index in [4.69, 9.17) is 42.1 Å². The van der Waals surface area contributed by atoms with Gasteiger partial charge in [-0.1, -0.05) is 34.2 Å². The molecule has 2 aromatic heterocycles. The molecule has 0 amide bonds. The summed E-state index contributed by atoms with van der Waals surface area (Å²) in [6.45, 7) is 3.44. The molecule has 0 spiro atoms. The van der Waals surface area contributed by atoms with Gasteiger partial charge in [-0.25, -0.2) is 9.97 Å². The zero-order valence-electron chi connectivity index (χ0n) is 16.5. The summed E-state index contributed by atoms with van der Waals surface area (Å²) in [6.07, 6.45) is -2.28. The Kier molecular flexibility index (Phi) is 7.55. The minimum absolute atomic E-state index is 0.0559. The lowest BCUT2D eigenvalue weighted by atomic mass is 10.00. The van der Waals surface area contributed by atoms with E-state index in [-0.39, 0.29) is 22.7 Å². The van der Waals surface area contributed by atoms with E-state index in [1.165, 1.54) is 27.1 Å². The standard InChI is InChI=1S/C17H17Cl2IN4O7/c1-6(25)28-4-9-12(29-7(2)26)13(30-8(3)27)10(20)16(31-9)24-5-21-11-14(18)22-17(19)23-15(11)24/h5,9-10,12-13,16H,4H2,1-3H3/t9?,10-,12+,13?,16?/m0/s1. The fourth-order valence-electron chi connectivity index (χ4n) is 3.14. The molecule has 3 rings (SSSR count). The first-order valence-electron chi connectivity index (χ1n) is 8.91. The number of carbonyl (C=O) groups is 3. The van der Waals surface area contributed by atoms with E-state index in [2.05, 4.69) is 15.0 Å². The fourth-order valence-corrected chi connectivity index (χ4v) is 4.63. The van der Waals surface area contributed by atoms with E-state index in [1.807, 2.05) is 22.6 Å². The van der Waals surface area contributed by atoms with Crippen LogP contribution < -0.4 is 0 Å². The molecule has 14 heteroatoms. The average molecular weight is 587 g/mol. The van der Waals surface area contributed by atoms with Gasteiger partial charge in [0.15, 0.2) is 29.2 Å². The number of ether oxygens (including phenoxy) is 4.